The van der Waals surface area contributed by atoms with Crippen LogP contribution >= 0.6 is 15.6 Å². The molecule has 0 aliphatic carbocycles. The van der Waals surface area contributed by atoms with Crippen LogP contribution < -0.4 is 0 Å². The first kappa shape index (κ1) is 92.5. The van der Waals surface area contributed by atoms with Gasteiger partial charge in [0.05, 0.1) is 26.4 Å². The van der Waals surface area contributed by atoms with Crippen molar-refractivity contribution in [2.75, 3.05) is 39.6 Å². The Morgan fingerprint density at radius 3 is 0.863 bits per heavy atom. The molecule has 0 saturated carbocycles. The second-order valence-electron chi connectivity index (χ2n) is 27.2. The predicted octanol–water partition coefficient (Wildman–Crippen LogP) is 22.0. The van der Waals surface area contributed by atoms with Crippen LogP contribution in [0.5, 0.6) is 0 Å². The number of carbonyl (C=O) groups excluding carboxylic acids is 4. The average molecular weight is 1390 g/mol. The lowest BCUT2D eigenvalue weighted by atomic mass is 10.0. The first-order valence-corrected chi connectivity index (χ1v) is 41.9. The number of phosphoric acid groups is 2. The zero-order valence-corrected chi connectivity index (χ0v) is 63.1. The molecule has 17 nitrogen and oxygen atoms in total. The Bertz CT molecular complexity index is 1920. The van der Waals surface area contributed by atoms with Crippen LogP contribution in [0, 0.1) is 5.92 Å². The SMILES string of the molecule is CCCCCC/C=C\C=C/CCCCCCCC(=O)O[C@H](COC(=O)CCCCCCCCCCCCCCCCC)COP(=O)(O)OC[C@@H](O)COP(=O)(O)OC[C@@H](COC(=O)CCCCCCCCCCCC(C)C)OC(=O)CCCCCCCCCCCCCCC. The van der Waals surface area contributed by atoms with Gasteiger partial charge in [0, 0.05) is 25.7 Å². The summed E-state index contributed by atoms with van der Waals surface area (Å²) in [6.45, 7) is 7.21. The largest absolute Gasteiger partial charge is 0.472 e. The molecule has 95 heavy (non-hydrogen) atoms. The third-order valence-electron chi connectivity index (χ3n) is 17.2. The standard InChI is InChI=1S/C76H144O17P2/c1-6-9-12-15-18-21-24-27-29-32-34-39-44-49-54-59-73(78)86-65-71(92-76(81)62-57-52-47-41-36-33-30-28-25-22-19-16-13-10-7-2)67-90-94(82,83)88-63-70(77)64-89-95(84,85)91-68-72(66-87-74(79)60-55-50-45-42-37-38-43-48-53-58-69(4)5)93-75(80)61-56-51-46-40-35-31-26-23-20-17-14-11-8-3/h22,25,28,30,69-72,77H,6-21,23-24,26-27,29,31-68H2,1-5H3,(H,82,83)(H,84,85)/b25-22-,30-28-/t70-,71-,72-/m1/s1. The number of esters is 4. The first-order valence-electron chi connectivity index (χ1n) is 39.0. The number of phosphoric ester groups is 2. The van der Waals surface area contributed by atoms with Crippen LogP contribution in [-0.2, 0) is 65.4 Å². The smallest absolute Gasteiger partial charge is 0.462 e. The number of hydrogen-bond donors (Lipinski definition) is 3. The maximum Gasteiger partial charge on any atom is 0.472 e. The van der Waals surface area contributed by atoms with Gasteiger partial charge >= 0.3 is 39.5 Å². The van der Waals surface area contributed by atoms with E-state index in [2.05, 4.69) is 58.9 Å². The van der Waals surface area contributed by atoms with E-state index in [1.54, 1.807) is 0 Å². The fraction of sp³-hybridized carbons (Fsp3) is 0.895. The summed E-state index contributed by atoms with van der Waals surface area (Å²) in [5.74, 6) is -1.40. The zero-order valence-electron chi connectivity index (χ0n) is 61.3. The van der Waals surface area contributed by atoms with Gasteiger partial charge in [0.2, 0.25) is 0 Å². The van der Waals surface area contributed by atoms with Crippen LogP contribution in [-0.4, -0.2) is 96.7 Å². The number of aliphatic hydroxyl groups is 1. The number of aliphatic hydroxyl groups excluding tert-OH is 1. The Morgan fingerprint density at radius 1 is 0.326 bits per heavy atom. The molecule has 0 amide bonds. The minimum atomic E-state index is -4.96. The molecule has 0 fully saturated rings. The molecule has 0 aromatic carbocycles. The molecule has 0 aromatic heterocycles. The van der Waals surface area contributed by atoms with Crippen molar-refractivity contribution in [1.82, 2.24) is 0 Å². The highest BCUT2D eigenvalue weighted by Gasteiger charge is 2.30. The van der Waals surface area contributed by atoms with Gasteiger partial charge in [0.15, 0.2) is 12.2 Å². The van der Waals surface area contributed by atoms with E-state index >= 15 is 0 Å². The van der Waals surface area contributed by atoms with E-state index in [1.807, 2.05) is 0 Å². The number of allylic oxidation sites excluding steroid dienone is 4. The van der Waals surface area contributed by atoms with Gasteiger partial charge in [-0.15, -0.1) is 0 Å². The zero-order chi connectivity index (χ0) is 69.8. The van der Waals surface area contributed by atoms with E-state index in [1.165, 1.54) is 186 Å². The van der Waals surface area contributed by atoms with Crippen molar-refractivity contribution in [3.63, 3.8) is 0 Å². The van der Waals surface area contributed by atoms with Crippen molar-refractivity contribution in [1.29, 1.82) is 0 Å². The van der Waals surface area contributed by atoms with Crippen LogP contribution in [0.2, 0.25) is 0 Å². The van der Waals surface area contributed by atoms with E-state index in [0.717, 1.165) is 109 Å². The lowest BCUT2D eigenvalue weighted by molar-refractivity contribution is -0.161. The maximum absolute atomic E-state index is 13.1. The van der Waals surface area contributed by atoms with Crippen molar-refractivity contribution in [2.45, 2.75) is 393 Å². The summed E-state index contributed by atoms with van der Waals surface area (Å²) in [5.41, 5.74) is 0. The summed E-state index contributed by atoms with van der Waals surface area (Å²) in [7, 11) is -9.92. The van der Waals surface area contributed by atoms with Gasteiger partial charge in [-0.1, -0.05) is 322 Å². The molecule has 0 aliphatic heterocycles. The van der Waals surface area contributed by atoms with E-state index in [0.29, 0.717) is 25.7 Å². The van der Waals surface area contributed by atoms with Crippen LogP contribution in [0.4, 0.5) is 0 Å². The molecule has 5 atom stereocenters. The van der Waals surface area contributed by atoms with E-state index in [9.17, 15) is 43.2 Å². The minimum absolute atomic E-state index is 0.0857. The Labute approximate surface area is 580 Å². The highest BCUT2D eigenvalue weighted by Crippen LogP contribution is 2.45. The summed E-state index contributed by atoms with van der Waals surface area (Å²) < 4.78 is 68.5. The Morgan fingerprint density at radius 2 is 0.568 bits per heavy atom. The summed E-state index contributed by atoms with van der Waals surface area (Å²) in [5, 5.41) is 10.6. The molecule has 2 unspecified atom stereocenters. The van der Waals surface area contributed by atoms with Gasteiger partial charge in [0.25, 0.3) is 0 Å². The van der Waals surface area contributed by atoms with Gasteiger partial charge in [-0.25, -0.2) is 9.13 Å². The van der Waals surface area contributed by atoms with Crippen molar-refractivity contribution in [2.24, 2.45) is 5.92 Å². The number of hydrogen-bond acceptors (Lipinski definition) is 15. The number of carbonyl (C=O) groups is 4. The van der Waals surface area contributed by atoms with Crippen LogP contribution in [0.1, 0.15) is 375 Å². The molecule has 0 aliphatic rings. The third kappa shape index (κ3) is 69.8. The van der Waals surface area contributed by atoms with Gasteiger partial charge in [-0.3, -0.25) is 37.3 Å². The number of unbranched alkanes of at least 4 members (excludes halogenated alkanes) is 43. The van der Waals surface area contributed by atoms with Crippen molar-refractivity contribution in [3.8, 4) is 0 Å². The van der Waals surface area contributed by atoms with Crippen LogP contribution in [0.25, 0.3) is 0 Å². The van der Waals surface area contributed by atoms with E-state index < -0.39 is 97.5 Å². The summed E-state index contributed by atoms with van der Waals surface area (Å²) in [6.07, 6.45) is 60.3. The molecule has 0 bridgehead atoms. The average Bonchev–Trinajstić information content (AvgIpc) is 1.84. The summed E-state index contributed by atoms with van der Waals surface area (Å²) in [4.78, 5) is 72.8. The lowest BCUT2D eigenvalue weighted by Crippen LogP contribution is -2.30. The number of ether oxygens (including phenoxy) is 4. The molecule has 19 heteroatoms. The molecular weight excluding hydrogens is 1250 g/mol. The number of rotatable bonds is 74. The first-order chi connectivity index (χ1) is 46.0. The molecule has 0 aromatic rings. The Hall–Kier alpha value is -2.46. The van der Waals surface area contributed by atoms with E-state index in [4.69, 9.17) is 37.0 Å². The van der Waals surface area contributed by atoms with Crippen LogP contribution in [0.15, 0.2) is 24.3 Å². The normalized spacial score (nSPS) is 14.1. The molecule has 0 radical (unpaired) electrons. The van der Waals surface area contributed by atoms with Crippen molar-refractivity contribution >= 4 is 39.5 Å². The second kappa shape index (κ2) is 68.7. The molecule has 0 rings (SSSR count). The van der Waals surface area contributed by atoms with Gasteiger partial charge in [-0.05, 0) is 57.3 Å². The van der Waals surface area contributed by atoms with Crippen LogP contribution in [0.3, 0.4) is 0 Å². The summed E-state index contributed by atoms with van der Waals surface area (Å²) in [6, 6.07) is 0. The topological polar surface area (TPSA) is 237 Å². The second-order valence-corrected chi connectivity index (χ2v) is 30.1. The molecule has 0 saturated heterocycles. The molecule has 560 valence electrons. The molecule has 0 heterocycles. The van der Waals surface area contributed by atoms with E-state index in [-0.39, 0.29) is 25.7 Å². The third-order valence-corrected chi connectivity index (χ3v) is 19.1. The van der Waals surface area contributed by atoms with Crippen molar-refractivity contribution in [3.05, 3.63) is 24.3 Å². The molecular formula is C76H144O17P2. The highest BCUT2D eigenvalue weighted by molar-refractivity contribution is 7.47. The molecule has 0 spiro atoms. The monoisotopic (exact) mass is 1390 g/mol. The molecule has 3 N–H and O–H groups in total. The quantitative estimate of drug-likeness (QED) is 0.0169. The fourth-order valence-corrected chi connectivity index (χ4v) is 12.7. The highest BCUT2D eigenvalue weighted by atomic mass is 31.2. The van der Waals surface area contributed by atoms with Gasteiger partial charge < -0.3 is 33.8 Å². The maximum atomic E-state index is 13.1. The minimum Gasteiger partial charge on any atom is -0.462 e. The Kier molecular flexibility index (Phi) is 66.9. The van der Waals surface area contributed by atoms with Gasteiger partial charge in [-0.2, -0.15) is 0 Å². The predicted molar refractivity (Wildman–Crippen MR) is 386 cm³/mol. The fourth-order valence-electron chi connectivity index (χ4n) is 11.2. The summed E-state index contributed by atoms with van der Waals surface area (Å²) >= 11 is 0. The lowest BCUT2D eigenvalue weighted by Gasteiger charge is -2.21. The Balaban J connectivity index is 5.30. The van der Waals surface area contributed by atoms with Gasteiger partial charge in [0.1, 0.15) is 19.3 Å². The van der Waals surface area contributed by atoms with Crippen molar-refractivity contribution < 1.29 is 80.2 Å².